The zero-order chi connectivity index (χ0) is 14.6. The highest BCUT2D eigenvalue weighted by Crippen LogP contribution is 2.25. The summed E-state index contributed by atoms with van der Waals surface area (Å²) in [6.45, 7) is 7.27. The Morgan fingerprint density at radius 2 is 1.95 bits per heavy atom. The first-order valence-electron chi connectivity index (χ1n) is 6.85. The Morgan fingerprint density at radius 1 is 1.25 bits per heavy atom. The number of benzene rings is 1. The van der Waals surface area contributed by atoms with E-state index in [0.717, 1.165) is 16.3 Å². The van der Waals surface area contributed by atoms with Gasteiger partial charge in [0.05, 0.1) is 23.4 Å². The fourth-order valence-corrected chi connectivity index (χ4v) is 2.84. The van der Waals surface area contributed by atoms with Crippen LogP contribution >= 0.6 is 11.3 Å². The van der Waals surface area contributed by atoms with Crippen molar-refractivity contribution >= 4 is 11.3 Å². The third kappa shape index (κ3) is 3.88. The lowest BCUT2D eigenvalue weighted by Gasteiger charge is -2.16. The average Bonchev–Trinajstić information content (AvgIpc) is 2.89. The Morgan fingerprint density at radius 3 is 2.50 bits per heavy atom. The summed E-state index contributed by atoms with van der Waals surface area (Å²) in [4.78, 5) is 4.66. The number of hydrogen-bond acceptors (Lipinski definition) is 4. The summed E-state index contributed by atoms with van der Waals surface area (Å²) in [7, 11) is 0. The minimum absolute atomic E-state index is 0.0454. The Labute approximate surface area is 124 Å². The maximum atomic E-state index is 9.51. The second-order valence-electron chi connectivity index (χ2n) is 5.92. The van der Waals surface area contributed by atoms with Crippen molar-refractivity contribution in [3.8, 4) is 0 Å². The molecule has 108 valence electrons. The van der Waals surface area contributed by atoms with E-state index in [0.29, 0.717) is 6.54 Å². The van der Waals surface area contributed by atoms with Crippen LogP contribution in [0.15, 0.2) is 35.7 Å². The molecule has 0 saturated carbocycles. The van der Waals surface area contributed by atoms with E-state index < -0.39 is 0 Å². The zero-order valence-corrected chi connectivity index (χ0v) is 13.1. The summed E-state index contributed by atoms with van der Waals surface area (Å²) in [5, 5.41) is 16.1. The van der Waals surface area contributed by atoms with Gasteiger partial charge >= 0.3 is 0 Å². The van der Waals surface area contributed by atoms with Gasteiger partial charge in [0.1, 0.15) is 0 Å². The topological polar surface area (TPSA) is 45.2 Å². The van der Waals surface area contributed by atoms with Crippen LogP contribution in [0.25, 0.3) is 0 Å². The maximum Gasteiger partial charge on any atom is 0.0982 e. The predicted molar refractivity (Wildman–Crippen MR) is 83.9 cm³/mol. The number of aromatic nitrogens is 1. The molecule has 2 N–H and O–H groups in total. The first-order valence-corrected chi connectivity index (χ1v) is 7.72. The molecule has 0 spiro atoms. The van der Waals surface area contributed by atoms with E-state index in [1.54, 1.807) is 11.3 Å². The summed E-state index contributed by atoms with van der Waals surface area (Å²) >= 11 is 1.70. The lowest BCUT2D eigenvalue weighted by Crippen LogP contribution is -2.24. The van der Waals surface area contributed by atoms with Gasteiger partial charge in [0.15, 0.2) is 0 Å². The lowest BCUT2D eigenvalue weighted by molar-refractivity contribution is 0.243. The van der Waals surface area contributed by atoms with E-state index in [2.05, 4.69) is 36.5 Å². The molecule has 0 aliphatic rings. The fraction of sp³-hybridized carbons (Fsp3) is 0.438. The molecule has 0 radical (unpaired) electrons. The van der Waals surface area contributed by atoms with E-state index >= 15 is 0 Å². The van der Waals surface area contributed by atoms with Crippen molar-refractivity contribution in [2.75, 3.05) is 6.61 Å². The molecule has 1 aromatic carbocycles. The van der Waals surface area contributed by atoms with Crippen LogP contribution < -0.4 is 5.32 Å². The van der Waals surface area contributed by atoms with Gasteiger partial charge < -0.3 is 10.4 Å². The van der Waals surface area contributed by atoms with Gasteiger partial charge in [-0.05, 0) is 5.56 Å². The molecular weight excluding hydrogens is 268 g/mol. The second-order valence-corrected chi connectivity index (χ2v) is 6.78. The van der Waals surface area contributed by atoms with Gasteiger partial charge in [-0.25, -0.2) is 4.98 Å². The van der Waals surface area contributed by atoms with Crippen molar-refractivity contribution in [3.05, 3.63) is 52.0 Å². The van der Waals surface area contributed by atoms with Gasteiger partial charge in [-0.3, -0.25) is 0 Å². The molecule has 1 unspecified atom stereocenters. The summed E-state index contributed by atoms with van der Waals surface area (Å²) in [6, 6.07) is 9.95. The van der Waals surface area contributed by atoms with Crippen molar-refractivity contribution in [1.82, 2.24) is 10.3 Å². The molecule has 20 heavy (non-hydrogen) atoms. The Bertz CT molecular complexity index is 531. The van der Waals surface area contributed by atoms with Crippen LogP contribution in [-0.2, 0) is 12.0 Å². The Balaban J connectivity index is 1.99. The number of aliphatic hydroxyl groups excluding tert-OH is 1. The minimum Gasteiger partial charge on any atom is -0.394 e. The molecule has 0 fully saturated rings. The van der Waals surface area contributed by atoms with Crippen LogP contribution in [-0.4, -0.2) is 16.7 Å². The second kappa shape index (κ2) is 6.48. The number of hydrogen-bond donors (Lipinski definition) is 2. The standard InChI is InChI=1S/C16H22N2OS/c1-16(2,3)15-18-13(11-20-15)9-17-14(10-19)12-7-5-4-6-8-12/h4-8,11,14,17,19H,9-10H2,1-3H3. The number of rotatable bonds is 5. The summed E-state index contributed by atoms with van der Waals surface area (Å²) in [5.41, 5.74) is 2.23. The average molecular weight is 290 g/mol. The van der Waals surface area contributed by atoms with E-state index in [1.165, 1.54) is 0 Å². The molecule has 2 aromatic rings. The third-order valence-electron chi connectivity index (χ3n) is 3.11. The molecular formula is C16H22N2OS. The molecule has 1 heterocycles. The molecule has 0 amide bonds. The Kier molecular flexibility index (Phi) is 4.91. The van der Waals surface area contributed by atoms with Crippen molar-refractivity contribution in [1.29, 1.82) is 0 Å². The maximum absolute atomic E-state index is 9.51. The highest BCUT2D eigenvalue weighted by molar-refractivity contribution is 7.09. The zero-order valence-electron chi connectivity index (χ0n) is 12.3. The van der Waals surface area contributed by atoms with Crippen LogP contribution in [0.1, 0.15) is 43.1 Å². The molecule has 0 aliphatic heterocycles. The molecule has 0 aliphatic carbocycles. The van der Waals surface area contributed by atoms with Crippen molar-refractivity contribution in [3.63, 3.8) is 0 Å². The summed E-state index contributed by atoms with van der Waals surface area (Å²) < 4.78 is 0. The minimum atomic E-state index is -0.0454. The van der Waals surface area contributed by atoms with Gasteiger partial charge in [0, 0.05) is 17.3 Å². The van der Waals surface area contributed by atoms with E-state index in [-0.39, 0.29) is 18.1 Å². The first kappa shape index (κ1) is 15.2. The van der Waals surface area contributed by atoms with Crippen molar-refractivity contribution in [2.45, 2.75) is 38.8 Å². The summed E-state index contributed by atoms with van der Waals surface area (Å²) in [5.74, 6) is 0. The van der Waals surface area contributed by atoms with Gasteiger partial charge in [-0.2, -0.15) is 0 Å². The van der Waals surface area contributed by atoms with Crippen molar-refractivity contribution < 1.29 is 5.11 Å². The van der Waals surface area contributed by atoms with Crippen LogP contribution in [0, 0.1) is 0 Å². The van der Waals surface area contributed by atoms with E-state index in [1.807, 2.05) is 30.3 Å². The predicted octanol–water partition coefficient (Wildman–Crippen LogP) is 3.26. The van der Waals surface area contributed by atoms with Crippen LogP contribution in [0.4, 0.5) is 0 Å². The Hall–Kier alpha value is -1.23. The van der Waals surface area contributed by atoms with Crippen LogP contribution in [0.2, 0.25) is 0 Å². The smallest absolute Gasteiger partial charge is 0.0982 e. The third-order valence-corrected chi connectivity index (χ3v) is 4.42. The largest absolute Gasteiger partial charge is 0.394 e. The molecule has 2 rings (SSSR count). The van der Waals surface area contributed by atoms with Gasteiger partial charge in [-0.15, -0.1) is 11.3 Å². The van der Waals surface area contributed by atoms with Crippen LogP contribution in [0.3, 0.4) is 0 Å². The molecule has 3 nitrogen and oxygen atoms in total. The highest BCUT2D eigenvalue weighted by Gasteiger charge is 2.18. The van der Waals surface area contributed by atoms with E-state index in [4.69, 9.17) is 0 Å². The summed E-state index contributed by atoms with van der Waals surface area (Å²) in [6.07, 6.45) is 0. The lowest BCUT2D eigenvalue weighted by atomic mass is 9.98. The first-order chi connectivity index (χ1) is 9.50. The van der Waals surface area contributed by atoms with Gasteiger partial charge in [-0.1, -0.05) is 51.1 Å². The monoisotopic (exact) mass is 290 g/mol. The highest BCUT2D eigenvalue weighted by atomic mass is 32.1. The molecule has 1 atom stereocenters. The van der Waals surface area contributed by atoms with Gasteiger partial charge in [0.25, 0.3) is 0 Å². The molecule has 1 aromatic heterocycles. The molecule has 4 heteroatoms. The van der Waals surface area contributed by atoms with Crippen LogP contribution in [0.5, 0.6) is 0 Å². The number of nitrogens with zero attached hydrogens (tertiary/aromatic N) is 1. The van der Waals surface area contributed by atoms with Crippen molar-refractivity contribution in [2.24, 2.45) is 0 Å². The number of nitrogens with one attached hydrogen (secondary N) is 1. The normalized spacial score (nSPS) is 13.4. The molecule has 0 bridgehead atoms. The fourth-order valence-electron chi connectivity index (χ4n) is 1.93. The molecule has 0 saturated heterocycles. The quantitative estimate of drug-likeness (QED) is 0.888. The number of aliphatic hydroxyl groups is 1. The van der Waals surface area contributed by atoms with E-state index in [9.17, 15) is 5.11 Å². The SMILES string of the molecule is CC(C)(C)c1nc(CNC(CO)c2ccccc2)cs1. The number of thiazole rings is 1. The van der Waals surface area contributed by atoms with Gasteiger partial charge in [0.2, 0.25) is 0 Å².